The molecule has 7 heteroatoms. The zero-order valence-corrected chi connectivity index (χ0v) is 13.5. The van der Waals surface area contributed by atoms with Crippen LogP contribution in [0.1, 0.15) is 5.56 Å². The minimum Gasteiger partial charge on any atom is -0.497 e. The third kappa shape index (κ3) is 4.35. The van der Waals surface area contributed by atoms with Gasteiger partial charge in [-0.2, -0.15) is 0 Å². The Balaban J connectivity index is 2.17. The molecule has 2 aromatic carbocycles. The van der Waals surface area contributed by atoms with Crippen molar-refractivity contribution in [3.63, 3.8) is 0 Å². The van der Waals surface area contributed by atoms with Crippen LogP contribution in [-0.4, -0.2) is 15.5 Å². The summed E-state index contributed by atoms with van der Waals surface area (Å²) in [5.41, 5.74) is 0.783. The Morgan fingerprint density at radius 2 is 1.76 bits per heavy atom. The number of methoxy groups -OCH3 is 1. The smallest absolute Gasteiger partial charge is 0.240 e. The predicted octanol–water partition coefficient (Wildman–Crippen LogP) is 3.48. The minimum atomic E-state index is -3.68. The molecule has 0 amide bonds. The molecule has 0 heterocycles. The zero-order chi connectivity index (χ0) is 15.5. The first-order valence-electron chi connectivity index (χ1n) is 5.99. The van der Waals surface area contributed by atoms with Gasteiger partial charge in [-0.1, -0.05) is 35.3 Å². The van der Waals surface area contributed by atoms with Crippen molar-refractivity contribution in [1.82, 2.24) is 4.72 Å². The minimum absolute atomic E-state index is 0.0305. The highest BCUT2D eigenvalue weighted by Gasteiger charge is 2.15. The van der Waals surface area contributed by atoms with Crippen LogP contribution in [0.4, 0.5) is 0 Å². The number of rotatable bonds is 5. The number of ether oxygens (including phenoxy) is 1. The van der Waals surface area contributed by atoms with Crippen LogP contribution in [0.2, 0.25) is 10.0 Å². The summed E-state index contributed by atoms with van der Waals surface area (Å²) in [5, 5.41) is 0.536. The Bertz CT molecular complexity index is 727. The molecule has 0 spiro atoms. The molecule has 1 N–H and O–H groups in total. The Kier molecular flexibility index (Phi) is 5.11. The molecule has 0 radical (unpaired) electrons. The first-order valence-corrected chi connectivity index (χ1v) is 8.23. The van der Waals surface area contributed by atoms with Crippen LogP contribution in [0, 0.1) is 0 Å². The molecule has 0 saturated carbocycles. The van der Waals surface area contributed by atoms with Crippen LogP contribution < -0.4 is 9.46 Å². The van der Waals surface area contributed by atoms with E-state index >= 15 is 0 Å². The van der Waals surface area contributed by atoms with Crippen molar-refractivity contribution in [2.24, 2.45) is 0 Å². The summed E-state index contributed by atoms with van der Waals surface area (Å²) in [6, 6.07) is 11.3. The van der Waals surface area contributed by atoms with Crippen LogP contribution in [0.5, 0.6) is 5.75 Å². The summed E-state index contributed by atoms with van der Waals surface area (Å²) >= 11 is 11.6. The van der Waals surface area contributed by atoms with Crippen molar-refractivity contribution in [2.45, 2.75) is 11.4 Å². The predicted molar refractivity (Wildman–Crippen MR) is 83.5 cm³/mol. The van der Waals surface area contributed by atoms with Crippen molar-refractivity contribution >= 4 is 33.2 Å². The van der Waals surface area contributed by atoms with Gasteiger partial charge in [0.25, 0.3) is 0 Å². The van der Waals surface area contributed by atoms with Gasteiger partial charge in [-0.3, -0.25) is 0 Å². The van der Waals surface area contributed by atoms with E-state index in [1.165, 1.54) is 18.2 Å². The van der Waals surface area contributed by atoms with Crippen molar-refractivity contribution < 1.29 is 13.2 Å². The van der Waals surface area contributed by atoms with Crippen molar-refractivity contribution in [1.29, 1.82) is 0 Å². The molecular formula is C14H13Cl2NO3S. The van der Waals surface area contributed by atoms with E-state index in [0.29, 0.717) is 5.75 Å². The number of sulfonamides is 1. The van der Waals surface area contributed by atoms with E-state index < -0.39 is 10.0 Å². The average molecular weight is 346 g/mol. The van der Waals surface area contributed by atoms with Gasteiger partial charge in [0.2, 0.25) is 10.0 Å². The monoisotopic (exact) mass is 345 g/mol. The summed E-state index contributed by atoms with van der Waals surface area (Å²) in [7, 11) is -2.13. The third-order valence-corrected chi connectivity index (χ3v) is 4.56. The van der Waals surface area contributed by atoms with Crippen LogP contribution in [0.25, 0.3) is 0 Å². The molecule has 112 valence electrons. The van der Waals surface area contributed by atoms with Crippen molar-refractivity contribution in [2.75, 3.05) is 7.11 Å². The molecule has 0 atom stereocenters. The fourth-order valence-corrected chi connectivity index (χ4v) is 3.47. The van der Waals surface area contributed by atoms with Gasteiger partial charge in [0.05, 0.1) is 12.0 Å². The van der Waals surface area contributed by atoms with E-state index in [1.807, 2.05) is 0 Å². The highest BCUT2D eigenvalue weighted by atomic mass is 35.5. The van der Waals surface area contributed by atoms with E-state index in [0.717, 1.165) is 5.56 Å². The second kappa shape index (κ2) is 6.66. The third-order valence-electron chi connectivity index (χ3n) is 2.75. The topological polar surface area (TPSA) is 55.4 Å². The van der Waals surface area contributed by atoms with E-state index in [4.69, 9.17) is 27.9 Å². The van der Waals surface area contributed by atoms with Crippen LogP contribution >= 0.6 is 23.2 Å². The molecule has 0 bridgehead atoms. The average Bonchev–Trinajstić information content (AvgIpc) is 2.44. The second-order valence-corrected chi connectivity index (χ2v) is 6.92. The molecule has 0 aliphatic carbocycles. The lowest BCUT2D eigenvalue weighted by atomic mass is 10.2. The molecule has 21 heavy (non-hydrogen) atoms. The maximum Gasteiger partial charge on any atom is 0.240 e. The molecule has 2 rings (SSSR count). The number of benzene rings is 2. The lowest BCUT2D eigenvalue weighted by Gasteiger charge is -2.09. The van der Waals surface area contributed by atoms with Crippen LogP contribution in [0.3, 0.4) is 0 Å². The standard InChI is InChI=1S/C14H13Cl2NO3S/c1-20-13-4-2-3-10(5-13)9-17-21(18,19)14-7-11(15)6-12(16)8-14/h2-8,17H,9H2,1H3. The number of hydrogen-bond donors (Lipinski definition) is 1. The number of hydrogen-bond acceptors (Lipinski definition) is 3. The highest BCUT2D eigenvalue weighted by Crippen LogP contribution is 2.22. The summed E-state index contributed by atoms with van der Waals surface area (Å²) < 4.78 is 32.0. The van der Waals surface area contributed by atoms with Gasteiger partial charge in [-0.15, -0.1) is 0 Å². The van der Waals surface area contributed by atoms with E-state index in [9.17, 15) is 8.42 Å². The Labute approximate surface area is 133 Å². The summed E-state index contributed by atoms with van der Waals surface area (Å²) in [6.45, 7) is 0.143. The maximum absolute atomic E-state index is 12.2. The summed E-state index contributed by atoms with van der Waals surface area (Å²) in [5.74, 6) is 0.664. The second-order valence-electron chi connectivity index (χ2n) is 4.28. The van der Waals surface area contributed by atoms with Gasteiger partial charge in [0.1, 0.15) is 5.75 Å². The maximum atomic E-state index is 12.2. The zero-order valence-electron chi connectivity index (χ0n) is 11.1. The van der Waals surface area contributed by atoms with E-state index in [-0.39, 0.29) is 21.5 Å². The van der Waals surface area contributed by atoms with E-state index in [1.54, 1.807) is 31.4 Å². The van der Waals surface area contributed by atoms with Crippen molar-refractivity contribution in [3.05, 3.63) is 58.1 Å². The lowest BCUT2D eigenvalue weighted by Crippen LogP contribution is -2.23. The molecule has 4 nitrogen and oxygen atoms in total. The SMILES string of the molecule is COc1cccc(CNS(=O)(=O)c2cc(Cl)cc(Cl)c2)c1. The van der Waals surface area contributed by atoms with Gasteiger partial charge in [-0.25, -0.2) is 13.1 Å². The number of halogens is 2. The molecular weight excluding hydrogens is 333 g/mol. The van der Waals surface area contributed by atoms with Gasteiger partial charge in [-0.05, 0) is 35.9 Å². The molecule has 0 aromatic heterocycles. The van der Waals surface area contributed by atoms with Gasteiger partial charge in [0.15, 0.2) is 0 Å². The molecule has 0 fully saturated rings. The Hall–Kier alpha value is -1.27. The van der Waals surface area contributed by atoms with Gasteiger partial charge in [0, 0.05) is 16.6 Å². The van der Waals surface area contributed by atoms with Crippen LogP contribution in [-0.2, 0) is 16.6 Å². The van der Waals surface area contributed by atoms with Crippen molar-refractivity contribution in [3.8, 4) is 5.75 Å². The molecule has 0 saturated heterocycles. The van der Waals surface area contributed by atoms with E-state index in [2.05, 4.69) is 4.72 Å². The first-order chi connectivity index (χ1) is 9.90. The summed E-state index contributed by atoms with van der Waals surface area (Å²) in [6.07, 6.45) is 0. The lowest BCUT2D eigenvalue weighted by molar-refractivity contribution is 0.414. The Morgan fingerprint density at radius 3 is 2.38 bits per heavy atom. The largest absolute Gasteiger partial charge is 0.497 e. The fourth-order valence-electron chi connectivity index (χ4n) is 1.73. The van der Waals surface area contributed by atoms with Gasteiger partial charge < -0.3 is 4.74 Å². The first kappa shape index (κ1) is 16.1. The molecule has 2 aromatic rings. The highest BCUT2D eigenvalue weighted by molar-refractivity contribution is 7.89. The quantitative estimate of drug-likeness (QED) is 0.902. The fraction of sp³-hybridized carbons (Fsp3) is 0.143. The van der Waals surface area contributed by atoms with Crippen LogP contribution in [0.15, 0.2) is 47.4 Å². The van der Waals surface area contributed by atoms with Gasteiger partial charge >= 0.3 is 0 Å². The normalized spacial score (nSPS) is 11.4. The molecule has 0 aliphatic heterocycles. The Morgan fingerprint density at radius 1 is 1.10 bits per heavy atom. The number of nitrogens with one attached hydrogen (secondary N) is 1. The molecule has 0 unspecified atom stereocenters. The summed E-state index contributed by atoms with van der Waals surface area (Å²) in [4.78, 5) is 0.0305. The molecule has 0 aliphatic rings.